The van der Waals surface area contributed by atoms with Crippen LogP contribution in [0, 0.1) is 6.92 Å². The molecule has 0 spiro atoms. The van der Waals surface area contributed by atoms with Gasteiger partial charge in [0.25, 0.3) is 0 Å². The molecular weight excluding hydrogens is 737 g/mol. The fourth-order valence-electron chi connectivity index (χ4n) is 4.35. The van der Waals surface area contributed by atoms with Crippen LogP contribution < -0.4 is 16.2 Å². The SMILES string of the molecule is CC=Nc1ccc(C=Nc2sc(C)c(C(=O)OCC)c2C(=O)OCC)cc1.CCOC(=O)c1c(N)sc(N)c1C(=O)OCC.COc1ccc(C=O)cc1. The summed E-state index contributed by atoms with van der Waals surface area (Å²) < 4.78 is 24.7. The van der Waals surface area contributed by atoms with E-state index in [4.69, 9.17) is 35.2 Å². The predicted octanol–water partition coefficient (Wildman–Crippen LogP) is 7.66. The number of nitrogens with zero attached hydrogens (tertiary/aromatic N) is 2. The van der Waals surface area contributed by atoms with Crippen LogP contribution >= 0.6 is 22.7 Å². The molecule has 0 bridgehead atoms. The molecule has 288 valence electrons. The molecular formula is C38H44N4O10S2. The number of hydrogen-bond acceptors (Lipinski definition) is 16. The third kappa shape index (κ3) is 12.7. The number of hydrogen-bond donors (Lipinski definition) is 2. The number of anilines is 2. The molecule has 2 aromatic heterocycles. The number of rotatable bonds is 13. The van der Waals surface area contributed by atoms with Gasteiger partial charge in [0.05, 0.1) is 44.8 Å². The van der Waals surface area contributed by atoms with E-state index in [0.717, 1.165) is 34.6 Å². The molecule has 54 heavy (non-hydrogen) atoms. The van der Waals surface area contributed by atoms with Crippen molar-refractivity contribution in [3.05, 3.63) is 86.8 Å². The van der Waals surface area contributed by atoms with Gasteiger partial charge in [-0.3, -0.25) is 9.79 Å². The average Bonchev–Trinajstić information content (AvgIpc) is 3.66. The highest BCUT2D eigenvalue weighted by Crippen LogP contribution is 2.37. The van der Waals surface area contributed by atoms with Crippen LogP contribution in [0.15, 0.2) is 58.5 Å². The standard InChI is InChI=1S/C20H22N2O4S.C10H14N2O4S.C8H8O2/c1-5-21-15-10-8-14(9-11-15)12-22-18-17(20(24)26-7-3)16(13(4)27-18)19(23)25-6-2;1-3-15-9(13)5-6(10(14)16-4-2)8(12)17-7(5)11;1-10-8-4-2-7(6-9)3-5-8/h5,8-12H,6-7H2,1-4H3;3-4,11-12H2,1-2H3;2-6H,1H3. The Bertz CT molecular complexity index is 1890. The largest absolute Gasteiger partial charge is 0.497 e. The summed E-state index contributed by atoms with van der Waals surface area (Å²) in [6, 6.07) is 14.4. The maximum atomic E-state index is 12.4. The Labute approximate surface area is 321 Å². The zero-order valence-corrected chi connectivity index (χ0v) is 32.8. The minimum absolute atomic E-state index is 0.00667. The van der Waals surface area contributed by atoms with Gasteiger partial charge in [0.2, 0.25) is 0 Å². The number of benzene rings is 2. The first-order valence-corrected chi connectivity index (χ1v) is 18.3. The maximum absolute atomic E-state index is 12.4. The van der Waals surface area contributed by atoms with E-state index in [1.54, 1.807) is 78.4 Å². The number of methoxy groups -OCH3 is 1. The van der Waals surface area contributed by atoms with Crippen LogP contribution in [0.3, 0.4) is 0 Å². The zero-order chi connectivity index (χ0) is 40.2. The number of nitrogens with two attached hydrogens (primary N) is 2. The van der Waals surface area contributed by atoms with Crippen LogP contribution in [0.4, 0.5) is 20.7 Å². The number of aldehydes is 1. The van der Waals surface area contributed by atoms with Gasteiger partial charge in [-0.05, 0) is 83.5 Å². The Morgan fingerprint density at radius 3 is 1.52 bits per heavy atom. The molecule has 16 heteroatoms. The van der Waals surface area contributed by atoms with E-state index < -0.39 is 23.9 Å². The van der Waals surface area contributed by atoms with Gasteiger partial charge < -0.3 is 35.2 Å². The lowest BCUT2D eigenvalue weighted by Gasteiger charge is -2.06. The van der Waals surface area contributed by atoms with E-state index >= 15 is 0 Å². The van der Waals surface area contributed by atoms with Gasteiger partial charge in [0.1, 0.15) is 43.7 Å². The van der Waals surface area contributed by atoms with E-state index in [9.17, 15) is 24.0 Å². The Balaban J connectivity index is 0.000000316. The number of ether oxygens (including phenoxy) is 5. The summed E-state index contributed by atoms with van der Waals surface area (Å²) in [6.45, 7) is 11.2. The number of carbonyl (C=O) groups is 5. The quantitative estimate of drug-likeness (QED) is 0.0580. The van der Waals surface area contributed by atoms with E-state index in [1.165, 1.54) is 11.3 Å². The molecule has 0 unspecified atom stereocenters. The fourth-order valence-corrected chi connectivity index (χ4v) is 6.13. The summed E-state index contributed by atoms with van der Waals surface area (Å²) >= 11 is 2.21. The van der Waals surface area contributed by atoms with Crippen molar-refractivity contribution in [2.75, 3.05) is 45.0 Å². The first kappa shape index (κ1) is 44.3. The molecule has 0 aliphatic rings. The smallest absolute Gasteiger partial charge is 0.342 e. The van der Waals surface area contributed by atoms with E-state index in [1.807, 2.05) is 31.2 Å². The lowest BCUT2D eigenvalue weighted by Crippen LogP contribution is -2.14. The number of aliphatic imine (C=N–C) groups is 2. The Morgan fingerprint density at radius 1 is 0.648 bits per heavy atom. The van der Waals surface area contributed by atoms with Gasteiger partial charge in [-0.25, -0.2) is 24.2 Å². The molecule has 4 N–H and O–H groups in total. The Morgan fingerprint density at radius 2 is 1.09 bits per heavy atom. The first-order chi connectivity index (χ1) is 25.9. The third-order valence-corrected chi connectivity index (χ3v) is 8.56. The number of nitrogen functional groups attached to an aromatic ring is 2. The molecule has 0 aliphatic heterocycles. The summed E-state index contributed by atoms with van der Waals surface area (Å²) in [4.78, 5) is 67.5. The summed E-state index contributed by atoms with van der Waals surface area (Å²) in [7, 11) is 1.59. The van der Waals surface area contributed by atoms with Gasteiger partial charge >= 0.3 is 23.9 Å². The van der Waals surface area contributed by atoms with Crippen molar-refractivity contribution in [3.63, 3.8) is 0 Å². The van der Waals surface area contributed by atoms with Crippen molar-refractivity contribution in [3.8, 4) is 5.75 Å². The second kappa shape index (κ2) is 22.9. The second-order valence-electron chi connectivity index (χ2n) is 10.3. The molecule has 0 saturated carbocycles. The van der Waals surface area contributed by atoms with Crippen LogP contribution in [-0.2, 0) is 18.9 Å². The summed E-state index contributed by atoms with van der Waals surface area (Å²) in [6.07, 6.45) is 4.17. The summed E-state index contributed by atoms with van der Waals surface area (Å²) in [5.41, 5.74) is 14.0. The van der Waals surface area contributed by atoms with Crippen LogP contribution in [0.2, 0.25) is 0 Å². The second-order valence-corrected chi connectivity index (χ2v) is 12.6. The van der Waals surface area contributed by atoms with E-state index in [0.29, 0.717) is 15.4 Å². The number of aryl methyl sites for hydroxylation is 1. The van der Waals surface area contributed by atoms with E-state index in [2.05, 4.69) is 9.98 Å². The highest BCUT2D eigenvalue weighted by Gasteiger charge is 2.29. The minimum Gasteiger partial charge on any atom is -0.497 e. The molecule has 0 fully saturated rings. The van der Waals surface area contributed by atoms with Crippen LogP contribution in [0.1, 0.15) is 96.8 Å². The average molecular weight is 781 g/mol. The number of thiophene rings is 2. The molecule has 0 saturated heterocycles. The molecule has 4 aromatic rings. The zero-order valence-electron chi connectivity index (χ0n) is 31.1. The lowest BCUT2D eigenvalue weighted by molar-refractivity contribution is 0.0480. The molecule has 4 rings (SSSR count). The monoisotopic (exact) mass is 780 g/mol. The maximum Gasteiger partial charge on any atom is 0.342 e. The Kier molecular flexibility index (Phi) is 18.8. The van der Waals surface area contributed by atoms with Crippen molar-refractivity contribution in [2.24, 2.45) is 9.98 Å². The van der Waals surface area contributed by atoms with Crippen molar-refractivity contribution < 1.29 is 47.7 Å². The first-order valence-electron chi connectivity index (χ1n) is 16.6. The van der Waals surface area contributed by atoms with Crippen LogP contribution in [0.5, 0.6) is 5.75 Å². The van der Waals surface area contributed by atoms with Gasteiger partial charge in [-0.15, -0.1) is 11.3 Å². The van der Waals surface area contributed by atoms with Gasteiger partial charge in [-0.1, -0.05) is 23.5 Å². The highest BCUT2D eigenvalue weighted by atomic mass is 32.1. The molecule has 2 heterocycles. The van der Waals surface area contributed by atoms with Gasteiger partial charge in [0.15, 0.2) is 0 Å². The third-order valence-electron chi connectivity index (χ3n) is 6.70. The molecule has 0 amide bonds. The van der Waals surface area contributed by atoms with Crippen molar-refractivity contribution in [1.82, 2.24) is 0 Å². The van der Waals surface area contributed by atoms with Gasteiger partial charge in [0, 0.05) is 22.9 Å². The summed E-state index contributed by atoms with van der Waals surface area (Å²) in [5, 5.41) is 0.734. The normalized spacial score (nSPS) is 10.4. The highest BCUT2D eigenvalue weighted by molar-refractivity contribution is 7.20. The van der Waals surface area contributed by atoms with E-state index in [-0.39, 0.29) is 58.7 Å². The molecule has 2 aromatic carbocycles. The molecule has 0 aliphatic carbocycles. The van der Waals surface area contributed by atoms with Crippen molar-refractivity contribution >= 4 is 86.0 Å². The van der Waals surface area contributed by atoms with Crippen LogP contribution in [0.25, 0.3) is 0 Å². The van der Waals surface area contributed by atoms with Crippen LogP contribution in [-0.4, -0.2) is 76.1 Å². The molecule has 0 atom stereocenters. The summed E-state index contributed by atoms with van der Waals surface area (Å²) in [5.74, 6) is -1.69. The predicted molar refractivity (Wildman–Crippen MR) is 212 cm³/mol. The van der Waals surface area contributed by atoms with Crippen molar-refractivity contribution in [1.29, 1.82) is 0 Å². The van der Waals surface area contributed by atoms with Crippen molar-refractivity contribution in [2.45, 2.75) is 41.5 Å². The minimum atomic E-state index is -0.666. The topological polar surface area (TPSA) is 208 Å². The molecule has 14 nitrogen and oxygen atoms in total. The fraction of sp³-hybridized carbons (Fsp3) is 0.289. The number of esters is 4. The lowest BCUT2D eigenvalue weighted by atomic mass is 10.1. The Hall–Kier alpha value is -5.87. The van der Waals surface area contributed by atoms with Gasteiger partial charge in [-0.2, -0.15) is 0 Å². The number of carbonyl (C=O) groups excluding carboxylic acids is 5. The molecule has 0 radical (unpaired) electrons.